The molecule has 0 saturated carbocycles. The lowest BCUT2D eigenvalue weighted by molar-refractivity contribution is -0.137. The van der Waals surface area contributed by atoms with Gasteiger partial charge in [-0.25, -0.2) is 9.78 Å². The average molecular weight is 465 g/mol. The quantitative estimate of drug-likeness (QED) is 0.346. The van der Waals surface area contributed by atoms with E-state index in [-0.39, 0.29) is 18.2 Å². The highest BCUT2D eigenvalue weighted by molar-refractivity contribution is 5.80. The second-order valence-electron chi connectivity index (χ2n) is 8.25. The summed E-state index contributed by atoms with van der Waals surface area (Å²) < 4.78 is 48.1. The van der Waals surface area contributed by atoms with Gasteiger partial charge >= 0.3 is 12.3 Å². The smallest absolute Gasteiger partial charge is 0.417 e. The van der Waals surface area contributed by atoms with E-state index >= 15 is 0 Å². The van der Waals surface area contributed by atoms with Crippen LogP contribution in [-0.2, 0) is 17.5 Å². The van der Waals surface area contributed by atoms with Gasteiger partial charge in [-0.3, -0.25) is 4.90 Å². The van der Waals surface area contributed by atoms with Gasteiger partial charge in [0.25, 0.3) is 0 Å². The molecule has 3 heterocycles. The molecule has 1 fully saturated rings. The van der Waals surface area contributed by atoms with Crippen LogP contribution in [0.25, 0.3) is 16.8 Å². The van der Waals surface area contributed by atoms with Gasteiger partial charge in [0.05, 0.1) is 17.3 Å². The first-order chi connectivity index (χ1) is 16.4. The number of amides is 1. The molecule has 5 rings (SSSR count). The Morgan fingerprint density at radius 1 is 1.00 bits per heavy atom. The number of alkyl halides is 3. The van der Waals surface area contributed by atoms with E-state index in [9.17, 15) is 18.0 Å². The summed E-state index contributed by atoms with van der Waals surface area (Å²) in [5, 5.41) is 0. The Bertz CT molecular complexity index is 1320. The molecule has 0 unspecified atom stereocenters. The van der Waals surface area contributed by atoms with E-state index in [0.717, 1.165) is 18.1 Å². The fraction of sp³-hybridized carbons (Fsp3) is 0.231. The van der Waals surface area contributed by atoms with Gasteiger partial charge in [-0.15, -0.1) is 0 Å². The Morgan fingerprint density at radius 2 is 1.74 bits per heavy atom. The van der Waals surface area contributed by atoms with E-state index in [2.05, 4.69) is 0 Å². The van der Waals surface area contributed by atoms with Crippen molar-refractivity contribution in [1.29, 1.82) is 0 Å². The van der Waals surface area contributed by atoms with E-state index < -0.39 is 17.8 Å². The normalized spacial score (nSPS) is 16.2. The Labute approximate surface area is 194 Å². The number of carbonyl (C=O) groups is 1. The molecule has 1 amide bonds. The summed E-state index contributed by atoms with van der Waals surface area (Å²) in [7, 11) is 0. The maximum atomic E-state index is 13.6. The molecule has 0 radical (unpaired) electrons. The van der Waals surface area contributed by atoms with E-state index in [1.165, 1.54) is 12.1 Å². The zero-order chi connectivity index (χ0) is 23.7. The van der Waals surface area contributed by atoms with Gasteiger partial charge in [-0.05, 0) is 42.2 Å². The third kappa shape index (κ3) is 4.23. The van der Waals surface area contributed by atoms with Gasteiger partial charge in [-0.1, -0.05) is 48.5 Å². The number of rotatable bonds is 4. The molecule has 1 aliphatic heterocycles. The molecule has 2 aromatic carbocycles. The van der Waals surface area contributed by atoms with Crippen molar-refractivity contribution in [2.24, 2.45) is 0 Å². The van der Waals surface area contributed by atoms with Crippen LogP contribution in [0.1, 0.15) is 35.7 Å². The van der Waals surface area contributed by atoms with Gasteiger partial charge in [0, 0.05) is 24.5 Å². The highest BCUT2D eigenvalue weighted by Gasteiger charge is 2.35. The lowest BCUT2D eigenvalue weighted by Gasteiger charge is -2.22. The lowest BCUT2D eigenvalue weighted by Crippen LogP contribution is -2.31. The molecular formula is C26H22F3N3O2. The number of hydrogen-bond acceptors (Lipinski definition) is 3. The number of nitrogens with zero attached hydrogens (tertiary/aromatic N) is 3. The fourth-order valence-electron chi connectivity index (χ4n) is 4.46. The maximum absolute atomic E-state index is 13.6. The van der Waals surface area contributed by atoms with Crippen LogP contribution in [0.5, 0.6) is 0 Å². The minimum absolute atomic E-state index is 0.0725. The zero-order valence-corrected chi connectivity index (χ0v) is 18.2. The van der Waals surface area contributed by atoms with Crippen molar-refractivity contribution in [3.63, 3.8) is 0 Å². The summed E-state index contributed by atoms with van der Waals surface area (Å²) in [5.74, 6) is 0. The van der Waals surface area contributed by atoms with Crippen molar-refractivity contribution in [2.45, 2.75) is 31.7 Å². The number of hydrogen-bond donors (Lipinski definition) is 0. The summed E-state index contributed by atoms with van der Waals surface area (Å²) in [5.41, 5.74) is 1.69. The van der Waals surface area contributed by atoms with Gasteiger partial charge in [0.15, 0.2) is 0 Å². The number of carbonyl (C=O) groups excluding carboxylic acids is 1. The second kappa shape index (κ2) is 8.85. The SMILES string of the molecule is O=C(OCc1ccccc1)N1CCC[C@H]1c1cn2cccc(-c3ccccc3C(F)(F)F)c2n1. The number of benzene rings is 2. The third-order valence-electron chi connectivity index (χ3n) is 6.06. The Kier molecular flexibility index (Phi) is 5.73. The summed E-state index contributed by atoms with van der Waals surface area (Å²) in [6.45, 7) is 0.711. The largest absolute Gasteiger partial charge is 0.445 e. The molecular weight excluding hydrogens is 443 g/mol. The molecule has 1 atom stereocenters. The third-order valence-corrected chi connectivity index (χ3v) is 6.06. The highest BCUT2D eigenvalue weighted by atomic mass is 19.4. The number of aromatic nitrogens is 2. The predicted molar refractivity (Wildman–Crippen MR) is 121 cm³/mol. The minimum Gasteiger partial charge on any atom is -0.445 e. The van der Waals surface area contributed by atoms with Gasteiger partial charge in [0.2, 0.25) is 0 Å². The topological polar surface area (TPSA) is 46.8 Å². The molecule has 0 spiro atoms. The predicted octanol–water partition coefficient (Wildman–Crippen LogP) is 6.49. The number of ether oxygens (including phenoxy) is 1. The molecule has 8 heteroatoms. The summed E-state index contributed by atoms with van der Waals surface area (Å²) in [6, 6.07) is 18.0. The first kappa shape index (κ1) is 22.0. The number of fused-ring (bicyclic) bond motifs is 1. The number of likely N-dealkylation sites (tertiary alicyclic amines) is 1. The maximum Gasteiger partial charge on any atom is 0.417 e. The van der Waals surface area contributed by atoms with Crippen molar-refractivity contribution in [2.75, 3.05) is 6.54 Å². The average Bonchev–Trinajstić information content (AvgIpc) is 3.49. The molecule has 1 saturated heterocycles. The number of halogens is 3. The molecule has 1 aliphatic rings. The molecule has 34 heavy (non-hydrogen) atoms. The van der Waals surface area contributed by atoms with Crippen molar-refractivity contribution < 1.29 is 22.7 Å². The van der Waals surface area contributed by atoms with Crippen LogP contribution in [0.4, 0.5) is 18.0 Å². The van der Waals surface area contributed by atoms with Gasteiger partial charge < -0.3 is 9.14 Å². The molecule has 174 valence electrons. The lowest BCUT2D eigenvalue weighted by atomic mass is 10.0. The highest BCUT2D eigenvalue weighted by Crippen LogP contribution is 2.39. The molecule has 2 aromatic heterocycles. The second-order valence-corrected chi connectivity index (χ2v) is 8.25. The van der Waals surface area contributed by atoms with E-state index in [4.69, 9.17) is 9.72 Å². The molecule has 0 bridgehead atoms. The van der Waals surface area contributed by atoms with Crippen LogP contribution in [0.2, 0.25) is 0 Å². The van der Waals surface area contributed by atoms with Gasteiger partial charge in [0.1, 0.15) is 12.3 Å². The van der Waals surface area contributed by atoms with E-state index in [0.29, 0.717) is 29.9 Å². The van der Waals surface area contributed by atoms with Crippen LogP contribution in [-0.4, -0.2) is 26.9 Å². The van der Waals surface area contributed by atoms with Crippen molar-refractivity contribution in [1.82, 2.24) is 14.3 Å². The van der Waals surface area contributed by atoms with Crippen molar-refractivity contribution in [3.8, 4) is 11.1 Å². The van der Waals surface area contributed by atoms with Crippen molar-refractivity contribution >= 4 is 11.7 Å². The first-order valence-electron chi connectivity index (χ1n) is 11.0. The Balaban J connectivity index is 1.45. The van der Waals surface area contributed by atoms with Crippen LogP contribution >= 0.6 is 0 Å². The summed E-state index contributed by atoms with van der Waals surface area (Å²) in [6.07, 6.45) is 0.123. The standard InChI is InChI=1S/C26H22F3N3O2/c27-26(28,29)21-12-5-4-10-19(21)20-11-6-14-31-16-22(30-24(20)31)23-13-7-15-32(23)25(33)34-17-18-8-2-1-3-9-18/h1-6,8-12,14,16,23H,7,13,15,17H2/t23-/m0/s1. The molecule has 0 aliphatic carbocycles. The molecule has 0 N–H and O–H groups in total. The molecule has 4 aromatic rings. The molecule has 5 nitrogen and oxygen atoms in total. The number of pyridine rings is 1. The van der Waals surface area contributed by atoms with Crippen LogP contribution in [0.3, 0.4) is 0 Å². The first-order valence-corrected chi connectivity index (χ1v) is 11.0. The zero-order valence-electron chi connectivity index (χ0n) is 18.2. The van der Waals surface area contributed by atoms with Crippen molar-refractivity contribution in [3.05, 3.63) is 95.9 Å². The minimum atomic E-state index is -4.48. The summed E-state index contributed by atoms with van der Waals surface area (Å²) in [4.78, 5) is 19.1. The van der Waals surface area contributed by atoms with Crippen LogP contribution in [0, 0.1) is 0 Å². The van der Waals surface area contributed by atoms with E-state index in [1.807, 2.05) is 30.3 Å². The Hall–Kier alpha value is -3.81. The summed E-state index contributed by atoms with van der Waals surface area (Å²) >= 11 is 0. The Morgan fingerprint density at radius 3 is 2.53 bits per heavy atom. The van der Waals surface area contributed by atoms with Crippen LogP contribution in [0.15, 0.2) is 79.1 Å². The number of imidazole rings is 1. The fourth-order valence-corrected chi connectivity index (χ4v) is 4.46. The van der Waals surface area contributed by atoms with Crippen LogP contribution < -0.4 is 0 Å². The monoisotopic (exact) mass is 465 g/mol. The van der Waals surface area contributed by atoms with E-state index in [1.54, 1.807) is 39.9 Å². The van der Waals surface area contributed by atoms with Gasteiger partial charge in [-0.2, -0.15) is 13.2 Å².